The van der Waals surface area contributed by atoms with Gasteiger partial charge in [0.2, 0.25) is 5.91 Å². The minimum absolute atomic E-state index is 0.163. The Morgan fingerprint density at radius 1 is 1.21 bits per heavy atom. The number of nitrogens with two attached hydrogens (primary N) is 1. The molecule has 5 nitrogen and oxygen atoms in total. The zero-order valence-electron chi connectivity index (χ0n) is 11.9. The molecule has 19 heavy (non-hydrogen) atoms. The fourth-order valence-corrected chi connectivity index (χ4v) is 2.83. The number of ether oxygens (including phenoxy) is 1. The Labute approximate surface area is 116 Å². The summed E-state index contributed by atoms with van der Waals surface area (Å²) in [5.41, 5.74) is 5.52. The van der Waals surface area contributed by atoms with Crippen molar-refractivity contribution in [3.8, 4) is 0 Å². The first-order valence-electron chi connectivity index (χ1n) is 7.61. The molecule has 5 heteroatoms. The van der Waals surface area contributed by atoms with Crippen LogP contribution in [0.3, 0.4) is 0 Å². The average Bonchev–Trinajstić information content (AvgIpc) is 2.46. The predicted molar refractivity (Wildman–Crippen MR) is 74.9 cm³/mol. The standard InChI is InChI=1S/C14H27N3O2/c15-5-3-6-16-7-9-17(10-8-16)14(18)12-13-4-1-2-11-19-13/h13H,1-12,15H2. The lowest BCUT2D eigenvalue weighted by Crippen LogP contribution is -2.49. The molecule has 0 saturated carbocycles. The highest BCUT2D eigenvalue weighted by atomic mass is 16.5. The molecule has 0 radical (unpaired) electrons. The van der Waals surface area contributed by atoms with Crippen LogP contribution in [0.25, 0.3) is 0 Å². The number of nitrogens with zero attached hydrogens (tertiary/aromatic N) is 2. The molecule has 1 atom stereocenters. The molecule has 1 amide bonds. The van der Waals surface area contributed by atoms with Gasteiger partial charge in [0.05, 0.1) is 12.5 Å². The number of carbonyl (C=O) groups excluding carboxylic acids is 1. The van der Waals surface area contributed by atoms with Gasteiger partial charge in [-0.15, -0.1) is 0 Å². The topological polar surface area (TPSA) is 58.8 Å². The van der Waals surface area contributed by atoms with Crippen molar-refractivity contribution in [1.82, 2.24) is 9.80 Å². The number of carbonyl (C=O) groups is 1. The molecule has 0 aromatic carbocycles. The second-order valence-electron chi connectivity index (χ2n) is 5.56. The van der Waals surface area contributed by atoms with Gasteiger partial charge in [-0.3, -0.25) is 9.69 Å². The Bertz CT molecular complexity index is 272. The number of hydrogen-bond donors (Lipinski definition) is 1. The molecule has 0 aromatic heterocycles. The van der Waals surface area contributed by atoms with Gasteiger partial charge in [-0.05, 0) is 38.8 Å². The van der Waals surface area contributed by atoms with Crippen molar-refractivity contribution < 1.29 is 9.53 Å². The lowest BCUT2D eigenvalue weighted by Gasteiger charge is -2.35. The smallest absolute Gasteiger partial charge is 0.225 e. The van der Waals surface area contributed by atoms with Crippen LogP contribution in [0.4, 0.5) is 0 Å². The Hall–Kier alpha value is -0.650. The van der Waals surface area contributed by atoms with Crippen LogP contribution in [0, 0.1) is 0 Å². The van der Waals surface area contributed by atoms with Gasteiger partial charge < -0.3 is 15.4 Å². The van der Waals surface area contributed by atoms with E-state index in [1.165, 1.54) is 6.42 Å². The summed E-state index contributed by atoms with van der Waals surface area (Å²) in [5.74, 6) is 0.269. The van der Waals surface area contributed by atoms with Crippen molar-refractivity contribution in [3.05, 3.63) is 0 Å². The monoisotopic (exact) mass is 269 g/mol. The Morgan fingerprint density at radius 2 is 2.00 bits per heavy atom. The second kappa shape index (κ2) is 7.82. The zero-order valence-corrected chi connectivity index (χ0v) is 11.9. The Morgan fingerprint density at radius 3 is 2.63 bits per heavy atom. The number of amides is 1. The van der Waals surface area contributed by atoms with E-state index in [0.29, 0.717) is 6.42 Å². The van der Waals surface area contributed by atoms with Crippen LogP contribution in [0.2, 0.25) is 0 Å². The third-order valence-corrected chi connectivity index (χ3v) is 4.08. The summed E-state index contributed by atoms with van der Waals surface area (Å²) in [6.07, 6.45) is 5.17. The summed E-state index contributed by atoms with van der Waals surface area (Å²) in [5, 5.41) is 0. The Kier molecular flexibility index (Phi) is 6.07. The van der Waals surface area contributed by atoms with E-state index in [4.69, 9.17) is 10.5 Å². The summed E-state index contributed by atoms with van der Waals surface area (Å²) < 4.78 is 5.64. The number of hydrogen-bond acceptors (Lipinski definition) is 4. The van der Waals surface area contributed by atoms with Crippen LogP contribution >= 0.6 is 0 Å². The van der Waals surface area contributed by atoms with Crippen molar-refractivity contribution in [3.63, 3.8) is 0 Å². The molecule has 2 heterocycles. The maximum absolute atomic E-state index is 12.2. The largest absolute Gasteiger partial charge is 0.378 e. The minimum Gasteiger partial charge on any atom is -0.378 e. The first-order valence-corrected chi connectivity index (χ1v) is 7.61. The van der Waals surface area contributed by atoms with Crippen molar-refractivity contribution in [2.45, 2.75) is 38.2 Å². The lowest BCUT2D eigenvalue weighted by atomic mass is 10.1. The van der Waals surface area contributed by atoms with E-state index >= 15 is 0 Å². The van der Waals surface area contributed by atoms with E-state index in [0.717, 1.165) is 65.1 Å². The molecule has 0 bridgehead atoms. The maximum Gasteiger partial charge on any atom is 0.225 e. The number of piperazine rings is 1. The predicted octanol–water partition coefficient (Wildman–Crippen LogP) is 0.439. The highest BCUT2D eigenvalue weighted by Crippen LogP contribution is 2.17. The van der Waals surface area contributed by atoms with E-state index in [-0.39, 0.29) is 12.0 Å². The molecule has 2 N–H and O–H groups in total. The van der Waals surface area contributed by atoms with E-state index in [9.17, 15) is 4.79 Å². The Balaban J connectivity index is 1.67. The average molecular weight is 269 g/mol. The van der Waals surface area contributed by atoms with Crippen molar-refractivity contribution >= 4 is 5.91 Å². The molecule has 1 unspecified atom stereocenters. The minimum atomic E-state index is 0.163. The summed E-state index contributed by atoms with van der Waals surface area (Å²) in [4.78, 5) is 16.6. The fourth-order valence-electron chi connectivity index (χ4n) is 2.83. The molecular formula is C14H27N3O2. The van der Waals surface area contributed by atoms with E-state index in [2.05, 4.69) is 4.90 Å². The van der Waals surface area contributed by atoms with Crippen molar-refractivity contribution in [2.24, 2.45) is 5.73 Å². The molecule has 110 valence electrons. The normalized spacial score (nSPS) is 25.5. The van der Waals surface area contributed by atoms with Gasteiger partial charge in [0.1, 0.15) is 0 Å². The third-order valence-electron chi connectivity index (χ3n) is 4.08. The highest BCUT2D eigenvalue weighted by molar-refractivity contribution is 5.76. The first kappa shape index (κ1) is 14.8. The van der Waals surface area contributed by atoms with Crippen LogP contribution in [0.15, 0.2) is 0 Å². The summed E-state index contributed by atoms with van der Waals surface area (Å²) in [6.45, 7) is 6.31. The summed E-state index contributed by atoms with van der Waals surface area (Å²) in [6, 6.07) is 0. The molecule has 0 aromatic rings. The molecule has 2 rings (SSSR count). The van der Waals surface area contributed by atoms with Crippen LogP contribution in [0.1, 0.15) is 32.1 Å². The van der Waals surface area contributed by atoms with Crippen molar-refractivity contribution in [2.75, 3.05) is 45.9 Å². The lowest BCUT2D eigenvalue weighted by molar-refractivity contribution is -0.136. The molecule has 2 fully saturated rings. The molecule has 2 aliphatic rings. The summed E-state index contributed by atoms with van der Waals surface area (Å²) in [7, 11) is 0. The van der Waals surface area contributed by atoms with E-state index < -0.39 is 0 Å². The molecule has 0 spiro atoms. The first-order chi connectivity index (χ1) is 9.29. The van der Waals surface area contributed by atoms with Crippen LogP contribution in [-0.2, 0) is 9.53 Å². The van der Waals surface area contributed by atoms with Gasteiger partial charge in [0, 0.05) is 32.8 Å². The summed E-state index contributed by atoms with van der Waals surface area (Å²) >= 11 is 0. The highest BCUT2D eigenvalue weighted by Gasteiger charge is 2.24. The van der Waals surface area contributed by atoms with Gasteiger partial charge in [-0.25, -0.2) is 0 Å². The maximum atomic E-state index is 12.2. The van der Waals surface area contributed by atoms with Crippen LogP contribution in [0.5, 0.6) is 0 Å². The molecule has 0 aliphatic carbocycles. The van der Waals surface area contributed by atoms with Crippen LogP contribution in [-0.4, -0.2) is 67.7 Å². The van der Waals surface area contributed by atoms with E-state index in [1.54, 1.807) is 0 Å². The van der Waals surface area contributed by atoms with Gasteiger partial charge >= 0.3 is 0 Å². The fraction of sp³-hybridized carbons (Fsp3) is 0.929. The van der Waals surface area contributed by atoms with Gasteiger partial charge in [-0.2, -0.15) is 0 Å². The van der Waals surface area contributed by atoms with Gasteiger partial charge in [0.15, 0.2) is 0 Å². The SMILES string of the molecule is NCCCN1CCN(C(=O)CC2CCCCO2)CC1. The molecule has 2 saturated heterocycles. The van der Waals surface area contributed by atoms with Crippen molar-refractivity contribution in [1.29, 1.82) is 0 Å². The quantitative estimate of drug-likeness (QED) is 0.787. The van der Waals surface area contributed by atoms with Gasteiger partial charge in [-0.1, -0.05) is 0 Å². The molecule has 2 aliphatic heterocycles. The van der Waals surface area contributed by atoms with Gasteiger partial charge in [0.25, 0.3) is 0 Å². The van der Waals surface area contributed by atoms with E-state index in [1.807, 2.05) is 4.90 Å². The molecular weight excluding hydrogens is 242 g/mol. The van der Waals surface area contributed by atoms with Crippen LogP contribution < -0.4 is 5.73 Å². The third kappa shape index (κ3) is 4.75. The second-order valence-corrected chi connectivity index (χ2v) is 5.56. The zero-order chi connectivity index (χ0) is 13.5. The number of rotatable bonds is 5.